The van der Waals surface area contributed by atoms with Crippen LogP contribution >= 0.6 is 0 Å². The van der Waals surface area contributed by atoms with Crippen molar-refractivity contribution in [1.29, 1.82) is 0 Å². The van der Waals surface area contributed by atoms with Gasteiger partial charge in [-0.1, -0.05) is 47.0 Å². The first kappa shape index (κ1) is 26.0. The number of hydrogen-bond acceptors (Lipinski definition) is 5. The Morgan fingerprint density at radius 3 is 2.56 bits per heavy atom. The van der Waals surface area contributed by atoms with Crippen LogP contribution in [0.2, 0.25) is 0 Å². The molecule has 2 aliphatic carbocycles. The Balaban J connectivity index is 1.50. The van der Waals surface area contributed by atoms with Crippen LogP contribution in [-0.4, -0.2) is 36.4 Å². The molecule has 2 saturated heterocycles. The Morgan fingerprint density at radius 1 is 1.09 bits per heavy atom. The van der Waals surface area contributed by atoms with E-state index in [4.69, 9.17) is 14.2 Å². The van der Waals surface area contributed by atoms with Gasteiger partial charge in [0, 0.05) is 13.3 Å². The molecule has 34 heavy (non-hydrogen) atoms. The van der Waals surface area contributed by atoms with Crippen LogP contribution in [0.15, 0.2) is 0 Å². The van der Waals surface area contributed by atoms with Crippen molar-refractivity contribution in [2.45, 2.75) is 124 Å². The van der Waals surface area contributed by atoms with Gasteiger partial charge in [0.15, 0.2) is 0 Å². The molecule has 5 nitrogen and oxygen atoms in total. The van der Waals surface area contributed by atoms with E-state index in [0.717, 1.165) is 24.2 Å². The maximum atomic E-state index is 12.5. The third-order valence-electron chi connectivity index (χ3n) is 10.3. The number of fused-ring (bicyclic) bond motifs is 5. The Labute approximate surface area is 207 Å². The van der Waals surface area contributed by atoms with Crippen LogP contribution in [0.1, 0.15) is 106 Å². The maximum absolute atomic E-state index is 12.5. The number of rotatable bonds is 6. The highest BCUT2D eigenvalue weighted by Gasteiger charge is 2.65. The monoisotopic (exact) mass is 476 g/mol. The van der Waals surface area contributed by atoms with Crippen molar-refractivity contribution in [1.82, 2.24) is 0 Å². The van der Waals surface area contributed by atoms with E-state index >= 15 is 0 Å². The number of ether oxygens (including phenoxy) is 3. The zero-order valence-corrected chi connectivity index (χ0v) is 22.4. The molecular formula is C29H48O5. The minimum absolute atomic E-state index is 0.0618. The fourth-order valence-electron chi connectivity index (χ4n) is 8.51. The number of hydrogen-bond donors (Lipinski definition) is 0. The minimum Gasteiger partial charge on any atom is -0.466 e. The number of cyclic esters (lactones) is 1. The SMILES string of the molecule is CC(=O)O[C@@H]1CC(=O)OCC[C@H]2[C@@H]3CC[C@H]([C@H](C)CCCC(C)C)[C@@]3(C)CC[C@@H]2[C@@]2(C)O[C@H]2C1. The summed E-state index contributed by atoms with van der Waals surface area (Å²) in [5, 5.41) is 0. The van der Waals surface area contributed by atoms with Gasteiger partial charge in [0.05, 0.1) is 24.7 Å². The molecular weight excluding hydrogens is 428 g/mol. The second-order valence-corrected chi connectivity index (χ2v) is 12.9. The van der Waals surface area contributed by atoms with E-state index in [-0.39, 0.29) is 30.1 Å². The van der Waals surface area contributed by atoms with Crippen molar-refractivity contribution in [3.05, 3.63) is 0 Å². The number of carbonyl (C=O) groups excluding carboxylic acids is 2. The van der Waals surface area contributed by atoms with Gasteiger partial charge in [0.1, 0.15) is 6.10 Å². The molecule has 0 unspecified atom stereocenters. The third kappa shape index (κ3) is 5.20. The Hall–Kier alpha value is -1.10. The van der Waals surface area contributed by atoms with Crippen LogP contribution < -0.4 is 0 Å². The molecule has 2 saturated carbocycles. The van der Waals surface area contributed by atoms with E-state index < -0.39 is 6.10 Å². The quantitative estimate of drug-likeness (QED) is 0.331. The van der Waals surface area contributed by atoms with Gasteiger partial charge in [0.25, 0.3) is 0 Å². The van der Waals surface area contributed by atoms with Crippen LogP contribution in [-0.2, 0) is 23.8 Å². The summed E-state index contributed by atoms with van der Waals surface area (Å²) in [5.41, 5.74) is 0.211. The summed E-state index contributed by atoms with van der Waals surface area (Å²) in [7, 11) is 0. The molecule has 4 rings (SSSR count). The molecule has 0 N–H and O–H groups in total. The highest BCUT2D eigenvalue weighted by molar-refractivity contribution is 5.71. The number of epoxide rings is 1. The van der Waals surface area contributed by atoms with Crippen LogP contribution in [0.3, 0.4) is 0 Å². The van der Waals surface area contributed by atoms with E-state index in [0.29, 0.717) is 36.2 Å². The van der Waals surface area contributed by atoms with Gasteiger partial charge in [-0.05, 0) is 80.0 Å². The number of carbonyl (C=O) groups is 2. The molecule has 2 aliphatic heterocycles. The lowest BCUT2D eigenvalue weighted by molar-refractivity contribution is -0.154. The highest BCUT2D eigenvalue weighted by atomic mass is 16.6. The molecule has 0 radical (unpaired) electrons. The summed E-state index contributed by atoms with van der Waals surface area (Å²) in [6.07, 6.45) is 10.4. The standard InChI is InChI=1S/C29H48O5/c1-18(2)8-7-9-19(3)23-10-11-24-22-13-15-32-27(31)17-21(33-20(4)30)16-26-29(6,34-26)25(22)12-14-28(23,24)5/h18-19,21-26H,7-17H2,1-6H3/t19-,21+,22+,23-,24+,25+,26+,28-,29-/m1/s1. The molecule has 0 amide bonds. The molecule has 0 aromatic rings. The van der Waals surface area contributed by atoms with Gasteiger partial charge in [0.2, 0.25) is 0 Å². The van der Waals surface area contributed by atoms with Crippen molar-refractivity contribution >= 4 is 11.9 Å². The first-order valence-corrected chi connectivity index (χ1v) is 14.0. The molecule has 0 aromatic heterocycles. The minimum atomic E-state index is -0.454. The van der Waals surface area contributed by atoms with Crippen molar-refractivity contribution in [2.75, 3.05) is 6.61 Å². The first-order valence-electron chi connectivity index (χ1n) is 14.0. The van der Waals surface area contributed by atoms with Gasteiger partial charge >= 0.3 is 11.9 Å². The van der Waals surface area contributed by atoms with Crippen LogP contribution in [0, 0.1) is 40.9 Å². The molecule has 5 heteroatoms. The molecule has 9 atom stereocenters. The second kappa shape index (κ2) is 10.1. The zero-order chi connectivity index (χ0) is 24.7. The lowest BCUT2D eigenvalue weighted by Gasteiger charge is -2.51. The Kier molecular flexibility index (Phi) is 7.72. The molecule has 0 aromatic carbocycles. The summed E-state index contributed by atoms with van der Waals surface area (Å²) >= 11 is 0. The summed E-state index contributed by atoms with van der Waals surface area (Å²) in [6.45, 7) is 13.9. The van der Waals surface area contributed by atoms with Crippen LogP contribution in [0.4, 0.5) is 0 Å². The zero-order valence-electron chi connectivity index (χ0n) is 22.4. The molecule has 2 heterocycles. The summed E-state index contributed by atoms with van der Waals surface area (Å²) in [4.78, 5) is 24.1. The normalized spacial score (nSPS) is 43.1. The van der Waals surface area contributed by atoms with Crippen molar-refractivity contribution < 1.29 is 23.8 Å². The predicted octanol–water partition coefficient (Wildman–Crippen LogP) is 6.32. The second-order valence-electron chi connectivity index (χ2n) is 12.9. The fraction of sp³-hybridized carbons (Fsp3) is 0.931. The van der Waals surface area contributed by atoms with Crippen molar-refractivity contribution in [3.63, 3.8) is 0 Å². The van der Waals surface area contributed by atoms with E-state index in [9.17, 15) is 9.59 Å². The van der Waals surface area contributed by atoms with Gasteiger partial charge in [-0.15, -0.1) is 0 Å². The molecule has 0 spiro atoms. The average Bonchev–Trinajstić information content (AvgIpc) is 3.23. The lowest BCUT2D eigenvalue weighted by Crippen LogP contribution is -2.47. The smallest absolute Gasteiger partial charge is 0.309 e. The molecule has 4 aliphatic rings. The van der Waals surface area contributed by atoms with E-state index in [1.807, 2.05) is 0 Å². The van der Waals surface area contributed by atoms with Crippen LogP contribution in [0.5, 0.6) is 0 Å². The highest BCUT2D eigenvalue weighted by Crippen LogP contribution is 2.65. The van der Waals surface area contributed by atoms with Gasteiger partial charge in [-0.25, -0.2) is 0 Å². The van der Waals surface area contributed by atoms with Gasteiger partial charge in [-0.2, -0.15) is 0 Å². The first-order chi connectivity index (χ1) is 16.0. The third-order valence-corrected chi connectivity index (χ3v) is 10.3. The van der Waals surface area contributed by atoms with Crippen LogP contribution in [0.25, 0.3) is 0 Å². The topological polar surface area (TPSA) is 65.1 Å². The maximum Gasteiger partial charge on any atom is 0.309 e. The number of esters is 2. The van der Waals surface area contributed by atoms with Gasteiger partial charge in [-0.3, -0.25) is 9.59 Å². The van der Waals surface area contributed by atoms with E-state index in [1.165, 1.54) is 51.9 Å². The van der Waals surface area contributed by atoms with Crippen molar-refractivity contribution in [2.24, 2.45) is 40.9 Å². The average molecular weight is 477 g/mol. The predicted molar refractivity (Wildman–Crippen MR) is 132 cm³/mol. The van der Waals surface area contributed by atoms with E-state index in [1.54, 1.807) is 0 Å². The summed E-state index contributed by atoms with van der Waals surface area (Å²) < 4.78 is 17.5. The fourth-order valence-corrected chi connectivity index (χ4v) is 8.51. The molecule has 4 fully saturated rings. The van der Waals surface area contributed by atoms with Gasteiger partial charge < -0.3 is 14.2 Å². The van der Waals surface area contributed by atoms with E-state index in [2.05, 4.69) is 34.6 Å². The Morgan fingerprint density at radius 2 is 1.85 bits per heavy atom. The lowest BCUT2D eigenvalue weighted by atomic mass is 9.53. The summed E-state index contributed by atoms with van der Waals surface area (Å²) in [6, 6.07) is 0. The Bertz CT molecular complexity index is 749. The van der Waals surface area contributed by atoms with Crippen molar-refractivity contribution in [3.8, 4) is 0 Å². The summed E-state index contributed by atoms with van der Waals surface area (Å²) in [5.74, 6) is 3.44. The molecule has 194 valence electrons. The largest absolute Gasteiger partial charge is 0.466 e. The molecule has 0 bridgehead atoms.